The molecule has 1 aromatic carbocycles. The van der Waals surface area contributed by atoms with Gasteiger partial charge in [-0.05, 0) is 31.0 Å². The van der Waals surface area contributed by atoms with Gasteiger partial charge in [-0.15, -0.1) is 0 Å². The predicted octanol–water partition coefficient (Wildman–Crippen LogP) is 4.25. The number of halogens is 1. The highest BCUT2D eigenvalue weighted by Crippen LogP contribution is 2.30. The fourth-order valence-electron chi connectivity index (χ4n) is 2.41. The van der Waals surface area contributed by atoms with Gasteiger partial charge in [0, 0.05) is 21.7 Å². The van der Waals surface area contributed by atoms with Crippen LogP contribution in [0.4, 0.5) is 0 Å². The monoisotopic (exact) mass is 342 g/mol. The van der Waals surface area contributed by atoms with Gasteiger partial charge in [0.25, 0.3) is 0 Å². The Balaban J connectivity index is 1.88. The van der Waals surface area contributed by atoms with E-state index in [0.717, 1.165) is 15.8 Å². The van der Waals surface area contributed by atoms with E-state index in [1.54, 1.807) is 7.11 Å². The highest BCUT2D eigenvalue weighted by molar-refractivity contribution is 9.10. The molecule has 0 aromatic heterocycles. The predicted molar refractivity (Wildman–Crippen MR) is 84.1 cm³/mol. The number of carbonyl (C=O) groups excluding carboxylic acids is 1. The van der Waals surface area contributed by atoms with Crippen LogP contribution in [0.25, 0.3) is 0 Å². The van der Waals surface area contributed by atoms with E-state index in [9.17, 15) is 4.79 Å². The first-order chi connectivity index (χ1) is 9.19. The van der Waals surface area contributed by atoms with Crippen LogP contribution in [-0.2, 0) is 11.2 Å². The molecule has 0 atom stereocenters. The van der Waals surface area contributed by atoms with E-state index < -0.39 is 0 Å². The molecule has 4 heteroatoms. The van der Waals surface area contributed by atoms with Gasteiger partial charge in [0.05, 0.1) is 12.9 Å². The smallest absolute Gasteiger partial charge is 0.147 e. The van der Waals surface area contributed by atoms with Gasteiger partial charge in [-0.2, -0.15) is 11.8 Å². The van der Waals surface area contributed by atoms with Crippen molar-refractivity contribution in [2.75, 3.05) is 12.9 Å². The van der Waals surface area contributed by atoms with Crippen LogP contribution in [-0.4, -0.2) is 23.9 Å². The number of Topliss-reactive ketones (excluding diaryl/α,β-unsaturated/α-hetero) is 1. The summed E-state index contributed by atoms with van der Waals surface area (Å²) >= 11 is 5.26. The largest absolute Gasteiger partial charge is 0.496 e. The van der Waals surface area contributed by atoms with Crippen LogP contribution in [0.15, 0.2) is 22.7 Å². The maximum atomic E-state index is 12.1. The molecule has 2 nitrogen and oxygen atoms in total. The molecule has 0 bridgehead atoms. The van der Waals surface area contributed by atoms with E-state index in [1.807, 2.05) is 30.0 Å². The van der Waals surface area contributed by atoms with Gasteiger partial charge >= 0.3 is 0 Å². The second kappa shape index (κ2) is 7.34. The third kappa shape index (κ3) is 4.53. The molecule has 0 aliphatic heterocycles. The molecule has 2 rings (SSSR count). The van der Waals surface area contributed by atoms with Crippen molar-refractivity contribution in [3.63, 3.8) is 0 Å². The Hall–Kier alpha value is -0.480. The number of ether oxygens (including phenoxy) is 1. The molecule has 0 unspecified atom stereocenters. The van der Waals surface area contributed by atoms with E-state index in [0.29, 0.717) is 17.4 Å². The van der Waals surface area contributed by atoms with Crippen molar-refractivity contribution in [3.05, 3.63) is 28.2 Å². The zero-order chi connectivity index (χ0) is 13.7. The molecule has 19 heavy (non-hydrogen) atoms. The van der Waals surface area contributed by atoms with E-state index in [1.165, 1.54) is 25.7 Å². The Morgan fingerprint density at radius 2 is 2.16 bits per heavy atom. The summed E-state index contributed by atoms with van der Waals surface area (Å²) < 4.78 is 6.28. The first kappa shape index (κ1) is 14.9. The lowest BCUT2D eigenvalue weighted by molar-refractivity contribution is -0.116. The average Bonchev–Trinajstić information content (AvgIpc) is 2.90. The molecule has 0 radical (unpaired) electrons. The molecule has 1 saturated carbocycles. The van der Waals surface area contributed by atoms with Gasteiger partial charge in [-0.25, -0.2) is 0 Å². The quantitative estimate of drug-likeness (QED) is 0.773. The minimum Gasteiger partial charge on any atom is -0.496 e. The van der Waals surface area contributed by atoms with Crippen LogP contribution in [0, 0.1) is 0 Å². The Morgan fingerprint density at radius 1 is 1.42 bits per heavy atom. The van der Waals surface area contributed by atoms with Crippen molar-refractivity contribution in [1.29, 1.82) is 0 Å². The van der Waals surface area contributed by atoms with Gasteiger partial charge in [0.15, 0.2) is 0 Å². The van der Waals surface area contributed by atoms with Crippen LogP contribution in [0.3, 0.4) is 0 Å². The molecule has 1 aromatic rings. The summed E-state index contributed by atoms with van der Waals surface area (Å²) in [5.41, 5.74) is 0.967. The molecule has 104 valence electrons. The second-order valence-electron chi connectivity index (χ2n) is 4.89. The summed E-state index contributed by atoms with van der Waals surface area (Å²) in [5, 5.41) is 0.702. The average molecular weight is 343 g/mol. The van der Waals surface area contributed by atoms with Crippen molar-refractivity contribution < 1.29 is 9.53 Å². The number of carbonyl (C=O) groups is 1. The van der Waals surface area contributed by atoms with E-state index in [-0.39, 0.29) is 5.78 Å². The Bertz CT molecular complexity index is 442. The number of hydrogen-bond donors (Lipinski definition) is 0. The summed E-state index contributed by atoms with van der Waals surface area (Å²) in [6.45, 7) is 0. The molecule has 0 amide bonds. The fraction of sp³-hybridized carbons (Fsp3) is 0.533. The first-order valence-corrected chi connectivity index (χ1v) is 8.49. The molecule has 0 heterocycles. The molecule has 1 aliphatic rings. The first-order valence-electron chi connectivity index (χ1n) is 6.65. The van der Waals surface area contributed by atoms with E-state index in [2.05, 4.69) is 15.9 Å². The third-order valence-corrected chi connectivity index (χ3v) is 5.34. The van der Waals surface area contributed by atoms with E-state index >= 15 is 0 Å². The lowest BCUT2D eigenvalue weighted by Gasteiger charge is -2.10. The summed E-state index contributed by atoms with van der Waals surface area (Å²) in [6, 6.07) is 5.80. The van der Waals surface area contributed by atoms with Crippen LogP contribution in [0.2, 0.25) is 0 Å². The zero-order valence-corrected chi connectivity index (χ0v) is 13.6. The van der Waals surface area contributed by atoms with Crippen molar-refractivity contribution >= 4 is 33.5 Å². The van der Waals surface area contributed by atoms with Crippen LogP contribution in [0.5, 0.6) is 5.75 Å². The molecule has 1 aliphatic carbocycles. The number of hydrogen-bond acceptors (Lipinski definition) is 3. The molecule has 1 fully saturated rings. The minimum atomic E-state index is 0.285. The van der Waals surface area contributed by atoms with Crippen molar-refractivity contribution in [1.82, 2.24) is 0 Å². The maximum absolute atomic E-state index is 12.1. The van der Waals surface area contributed by atoms with Crippen LogP contribution >= 0.6 is 27.7 Å². The van der Waals surface area contributed by atoms with Gasteiger partial charge in [0.2, 0.25) is 0 Å². The Morgan fingerprint density at radius 3 is 2.84 bits per heavy atom. The van der Waals surface area contributed by atoms with Crippen molar-refractivity contribution in [3.8, 4) is 5.75 Å². The lowest BCUT2D eigenvalue weighted by Crippen LogP contribution is -2.09. The molecule has 0 N–H and O–H groups in total. The van der Waals surface area contributed by atoms with Gasteiger partial charge in [-0.1, -0.05) is 28.8 Å². The van der Waals surface area contributed by atoms with Crippen molar-refractivity contribution in [2.45, 2.75) is 37.4 Å². The number of ketones is 1. The number of rotatable bonds is 6. The molecular weight excluding hydrogens is 324 g/mol. The summed E-state index contributed by atoms with van der Waals surface area (Å²) in [5.74, 6) is 1.70. The van der Waals surface area contributed by atoms with E-state index in [4.69, 9.17) is 4.74 Å². The maximum Gasteiger partial charge on any atom is 0.147 e. The van der Waals surface area contributed by atoms with Crippen LogP contribution < -0.4 is 4.74 Å². The standard InChI is InChI=1S/C15H19BrO2S/c1-18-15-7-6-12(16)8-11(15)9-13(17)10-19-14-4-2-3-5-14/h6-8,14H,2-5,9-10H2,1H3. The SMILES string of the molecule is COc1ccc(Br)cc1CC(=O)CSC1CCCC1. The summed E-state index contributed by atoms with van der Waals surface area (Å²) in [6.07, 6.45) is 5.66. The lowest BCUT2D eigenvalue weighted by atomic mass is 10.1. The second-order valence-corrected chi connectivity index (χ2v) is 7.09. The highest BCUT2D eigenvalue weighted by atomic mass is 79.9. The van der Waals surface area contributed by atoms with Gasteiger partial charge < -0.3 is 4.74 Å². The Labute approximate surface area is 127 Å². The number of benzene rings is 1. The fourth-order valence-corrected chi connectivity index (χ4v) is 4.01. The summed E-state index contributed by atoms with van der Waals surface area (Å²) in [7, 11) is 1.64. The van der Waals surface area contributed by atoms with Gasteiger partial charge in [0.1, 0.15) is 11.5 Å². The molecule has 0 saturated heterocycles. The highest BCUT2D eigenvalue weighted by Gasteiger charge is 2.17. The third-order valence-electron chi connectivity index (χ3n) is 3.41. The minimum absolute atomic E-state index is 0.285. The summed E-state index contributed by atoms with van der Waals surface area (Å²) in [4.78, 5) is 12.1. The molecule has 0 spiro atoms. The van der Waals surface area contributed by atoms with Gasteiger partial charge in [-0.3, -0.25) is 4.79 Å². The van der Waals surface area contributed by atoms with Crippen LogP contribution in [0.1, 0.15) is 31.2 Å². The molecular formula is C15H19BrO2S. The van der Waals surface area contributed by atoms with Crippen molar-refractivity contribution in [2.24, 2.45) is 0 Å². The number of methoxy groups -OCH3 is 1. The number of thioether (sulfide) groups is 1. The zero-order valence-electron chi connectivity index (χ0n) is 11.2. The normalized spacial score (nSPS) is 15.7. The topological polar surface area (TPSA) is 26.3 Å². The Kier molecular flexibility index (Phi) is 5.76.